The lowest BCUT2D eigenvalue weighted by Crippen LogP contribution is -2.36. The molecule has 0 bridgehead atoms. The van der Waals surface area contributed by atoms with Crippen LogP contribution in [0.25, 0.3) is 0 Å². The molecular weight excluding hydrogens is 150 g/mol. The number of hydrogen-bond acceptors (Lipinski definition) is 2. The molecule has 2 nitrogen and oxygen atoms in total. The van der Waals surface area contributed by atoms with Gasteiger partial charge in [-0.2, -0.15) is 0 Å². The predicted octanol–water partition coefficient (Wildman–Crippen LogP) is 1.53. The second kappa shape index (κ2) is 5.33. The number of rotatable bonds is 3. The van der Waals surface area contributed by atoms with E-state index < -0.39 is 0 Å². The van der Waals surface area contributed by atoms with Crippen molar-refractivity contribution in [3.63, 3.8) is 0 Å². The Kier molecular flexibility index (Phi) is 4.33. The summed E-state index contributed by atoms with van der Waals surface area (Å²) < 4.78 is 5.26. The first kappa shape index (κ1) is 9.75. The van der Waals surface area contributed by atoms with E-state index in [0.29, 0.717) is 5.92 Å². The summed E-state index contributed by atoms with van der Waals surface area (Å²) in [7, 11) is 0. The van der Waals surface area contributed by atoms with Crippen LogP contribution in [0.2, 0.25) is 0 Å². The average molecular weight is 169 g/mol. The highest BCUT2D eigenvalue weighted by Crippen LogP contribution is 1.98. The van der Waals surface area contributed by atoms with Crippen LogP contribution in [0.5, 0.6) is 0 Å². The Bertz CT molecular complexity index is 137. The van der Waals surface area contributed by atoms with Gasteiger partial charge in [0.15, 0.2) is 0 Å². The lowest BCUT2D eigenvalue weighted by atomic mass is 10.2. The maximum Gasteiger partial charge on any atom is 0.0594 e. The molecule has 1 heterocycles. The van der Waals surface area contributed by atoms with Crippen molar-refractivity contribution in [3.05, 3.63) is 12.2 Å². The summed E-state index contributed by atoms with van der Waals surface area (Å²) in [5, 5.41) is 0. The van der Waals surface area contributed by atoms with Gasteiger partial charge in [-0.05, 0) is 5.92 Å². The number of allylic oxidation sites excluding steroid dienone is 1. The zero-order valence-electron chi connectivity index (χ0n) is 8.12. The van der Waals surface area contributed by atoms with Crippen LogP contribution in [0.4, 0.5) is 0 Å². The largest absolute Gasteiger partial charge is 0.379 e. The Balaban J connectivity index is 2.12. The average Bonchev–Trinajstić information content (AvgIpc) is 2.05. The number of nitrogens with zero attached hydrogens (tertiary/aromatic N) is 1. The molecule has 0 saturated carbocycles. The van der Waals surface area contributed by atoms with Gasteiger partial charge in [-0.1, -0.05) is 26.0 Å². The van der Waals surface area contributed by atoms with Gasteiger partial charge in [0.1, 0.15) is 0 Å². The Morgan fingerprint density at radius 2 is 2.00 bits per heavy atom. The van der Waals surface area contributed by atoms with E-state index in [4.69, 9.17) is 4.74 Å². The van der Waals surface area contributed by atoms with Gasteiger partial charge < -0.3 is 4.74 Å². The van der Waals surface area contributed by atoms with Crippen LogP contribution in [0.15, 0.2) is 12.2 Å². The van der Waals surface area contributed by atoms with Gasteiger partial charge in [-0.3, -0.25) is 4.90 Å². The van der Waals surface area contributed by atoms with Crippen LogP contribution in [0.3, 0.4) is 0 Å². The van der Waals surface area contributed by atoms with Crippen LogP contribution in [-0.2, 0) is 4.74 Å². The molecule has 0 aromatic rings. The van der Waals surface area contributed by atoms with Gasteiger partial charge in [0.05, 0.1) is 13.2 Å². The molecule has 0 amide bonds. The maximum absolute atomic E-state index is 5.26. The van der Waals surface area contributed by atoms with E-state index in [0.717, 1.165) is 32.8 Å². The Hall–Kier alpha value is -0.340. The third kappa shape index (κ3) is 3.88. The normalized spacial score (nSPS) is 20.9. The van der Waals surface area contributed by atoms with Crippen molar-refractivity contribution in [1.29, 1.82) is 0 Å². The van der Waals surface area contributed by atoms with Gasteiger partial charge in [0, 0.05) is 19.6 Å². The van der Waals surface area contributed by atoms with Gasteiger partial charge in [0.2, 0.25) is 0 Å². The minimum atomic E-state index is 0.672. The fraction of sp³-hybridized carbons (Fsp3) is 0.800. The highest BCUT2D eigenvalue weighted by Gasteiger charge is 2.07. The van der Waals surface area contributed by atoms with Crippen molar-refractivity contribution in [2.45, 2.75) is 13.8 Å². The third-order valence-electron chi connectivity index (χ3n) is 1.99. The van der Waals surface area contributed by atoms with Gasteiger partial charge in [-0.15, -0.1) is 0 Å². The summed E-state index contributed by atoms with van der Waals surface area (Å²) in [6, 6.07) is 0. The number of ether oxygens (including phenoxy) is 1. The van der Waals surface area contributed by atoms with Crippen LogP contribution in [0, 0.1) is 5.92 Å². The first-order valence-electron chi connectivity index (χ1n) is 4.76. The first-order valence-corrected chi connectivity index (χ1v) is 4.76. The molecule has 0 unspecified atom stereocenters. The van der Waals surface area contributed by atoms with Gasteiger partial charge >= 0.3 is 0 Å². The van der Waals surface area contributed by atoms with E-state index >= 15 is 0 Å². The van der Waals surface area contributed by atoms with E-state index in [1.54, 1.807) is 0 Å². The Morgan fingerprint density at radius 1 is 1.33 bits per heavy atom. The highest BCUT2D eigenvalue weighted by molar-refractivity contribution is 4.87. The molecule has 12 heavy (non-hydrogen) atoms. The van der Waals surface area contributed by atoms with E-state index in [1.807, 2.05) is 0 Å². The van der Waals surface area contributed by atoms with Crippen LogP contribution >= 0.6 is 0 Å². The topological polar surface area (TPSA) is 12.5 Å². The van der Waals surface area contributed by atoms with Gasteiger partial charge in [0.25, 0.3) is 0 Å². The monoisotopic (exact) mass is 169 g/mol. The van der Waals surface area contributed by atoms with Crippen molar-refractivity contribution in [2.75, 3.05) is 32.8 Å². The summed E-state index contributed by atoms with van der Waals surface area (Å²) in [5.74, 6) is 0.672. The second-order valence-electron chi connectivity index (χ2n) is 3.59. The minimum absolute atomic E-state index is 0.672. The Labute approximate surface area is 75.2 Å². The summed E-state index contributed by atoms with van der Waals surface area (Å²) in [6.07, 6.45) is 4.52. The molecule has 0 aromatic heterocycles. The summed E-state index contributed by atoms with van der Waals surface area (Å²) in [6.45, 7) is 9.46. The van der Waals surface area contributed by atoms with Crippen molar-refractivity contribution >= 4 is 0 Å². The van der Waals surface area contributed by atoms with E-state index in [1.165, 1.54) is 0 Å². The van der Waals surface area contributed by atoms with Crippen molar-refractivity contribution in [3.8, 4) is 0 Å². The van der Waals surface area contributed by atoms with Gasteiger partial charge in [-0.25, -0.2) is 0 Å². The molecule has 70 valence electrons. The molecule has 0 radical (unpaired) electrons. The molecule has 0 atom stereocenters. The fourth-order valence-electron chi connectivity index (χ4n) is 1.27. The second-order valence-corrected chi connectivity index (χ2v) is 3.59. The lowest BCUT2D eigenvalue weighted by Gasteiger charge is -2.25. The lowest BCUT2D eigenvalue weighted by molar-refractivity contribution is 0.0434. The third-order valence-corrected chi connectivity index (χ3v) is 1.99. The molecule has 0 aromatic carbocycles. The molecule has 1 aliphatic rings. The summed E-state index contributed by atoms with van der Waals surface area (Å²) in [5.41, 5.74) is 0. The van der Waals surface area contributed by atoms with E-state index in [-0.39, 0.29) is 0 Å². The molecule has 1 rings (SSSR count). The van der Waals surface area contributed by atoms with Crippen LogP contribution in [0.1, 0.15) is 13.8 Å². The maximum atomic E-state index is 5.26. The SMILES string of the molecule is CC(C)C=CCN1CCOCC1. The quantitative estimate of drug-likeness (QED) is 0.594. The minimum Gasteiger partial charge on any atom is -0.379 e. The van der Waals surface area contributed by atoms with E-state index in [9.17, 15) is 0 Å². The van der Waals surface area contributed by atoms with Crippen molar-refractivity contribution in [1.82, 2.24) is 4.90 Å². The predicted molar refractivity (Wildman–Crippen MR) is 51.2 cm³/mol. The van der Waals surface area contributed by atoms with Crippen LogP contribution < -0.4 is 0 Å². The number of hydrogen-bond donors (Lipinski definition) is 0. The molecule has 1 aliphatic heterocycles. The molecule has 1 saturated heterocycles. The molecule has 2 heteroatoms. The zero-order chi connectivity index (χ0) is 8.81. The van der Waals surface area contributed by atoms with E-state index in [2.05, 4.69) is 30.9 Å². The standard InChI is InChI=1S/C10H19NO/c1-10(2)4-3-5-11-6-8-12-9-7-11/h3-4,10H,5-9H2,1-2H3. The highest BCUT2D eigenvalue weighted by atomic mass is 16.5. The molecule has 0 spiro atoms. The smallest absolute Gasteiger partial charge is 0.0594 e. The summed E-state index contributed by atoms with van der Waals surface area (Å²) in [4.78, 5) is 2.42. The first-order chi connectivity index (χ1) is 5.79. The van der Waals surface area contributed by atoms with Crippen molar-refractivity contribution in [2.24, 2.45) is 5.92 Å². The molecular formula is C10H19NO. The molecule has 0 aliphatic carbocycles. The molecule has 1 fully saturated rings. The summed E-state index contributed by atoms with van der Waals surface area (Å²) >= 11 is 0. The number of morpholine rings is 1. The van der Waals surface area contributed by atoms with Crippen molar-refractivity contribution < 1.29 is 4.74 Å². The Morgan fingerprint density at radius 3 is 2.58 bits per heavy atom. The van der Waals surface area contributed by atoms with Crippen LogP contribution in [-0.4, -0.2) is 37.7 Å². The zero-order valence-corrected chi connectivity index (χ0v) is 8.12. The molecule has 0 N–H and O–H groups in total. The fourth-order valence-corrected chi connectivity index (χ4v) is 1.27.